The number of aryl methyl sites for hydroxylation is 1. The van der Waals surface area contributed by atoms with Gasteiger partial charge in [-0.3, -0.25) is 4.79 Å². The van der Waals surface area contributed by atoms with Crippen molar-refractivity contribution in [1.29, 1.82) is 5.26 Å². The number of nitriles is 1. The Hall–Kier alpha value is -3.00. The standard InChI is InChI=1S/C20H21N3O2/c1-15-12-17(23-10-4-5-11-23)8-9-18(15)22-20(24)14-25-19-7-3-2-6-16(19)13-21/h2-3,6-9,12H,4-5,10-11,14H2,1H3,(H,22,24). The molecule has 0 saturated carbocycles. The Morgan fingerprint density at radius 2 is 2.00 bits per heavy atom. The smallest absolute Gasteiger partial charge is 0.262 e. The minimum Gasteiger partial charge on any atom is -0.482 e. The average molecular weight is 335 g/mol. The first-order valence-electron chi connectivity index (χ1n) is 8.45. The van der Waals surface area contributed by atoms with Gasteiger partial charge in [-0.25, -0.2) is 0 Å². The van der Waals surface area contributed by atoms with Gasteiger partial charge in [0.05, 0.1) is 5.56 Å². The molecular formula is C20H21N3O2. The lowest BCUT2D eigenvalue weighted by molar-refractivity contribution is -0.118. The number of carbonyl (C=O) groups excluding carboxylic acids is 1. The zero-order valence-electron chi connectivity index (χ0n) is 14.3. The molecule has 5 heteroatoms. The fourth-order valence-electron chi connectivity index (χ4n) is 2.97. The summed E-state index contributed by atoms with van der Waals surface area (Å²) in [5.41, 5.74) is 3.42. The van der Waals surface area contributed by atoms with Crippen LogP contribution in [-0.2, 0) is 4.79 Å². The summed E-state index contributed by atoms with van der Waals surface area (Å²) in [4.78, 5) is 14.5. The van der Waals surface area contributed by atoms with Crippen LogP contribution in [0.4, 0.5) is 11.4 Å². The predicted molar refractivity (Wildman–Crippen MR) is 97.9 cm³/mol. The molecule has 128 valence electrons. The lowest BCUT2D eigenvalue weighted by Crippen LogP contribution is -2.21. The summed E-state index contributed by atoms with van der Waals surface area (Å²) in [6.07, 6.45) is 2.47. The molecule has 1 heterocycles. The molecule has 0 spiro atoms. The largest absolute Gasteiger partial charge is 0.482 e. The highest BCUT2D eigenvalue weighted by Gasteiger charge is 2.14. The first-order valence-corrected chi connectivity index (χ1v) is 8.45. The Morgan fingerprint density at radius 3 is 2.72 bits per heavy atom. The zero-order valence-corrected chi connectivity index (χ0v) is 14.3. The van der Waals surface area contributed by atoms with Gasteiger partial charge < -0.3 is 15.0 Å². The number of nitrogens with zero attached hydrogens (tertiary/aromatic N) is 2. The Morgan fingerprint density at radius 1 is 1.24 bits per heavy atom. The van der Waals surface area contributed by atoms with Gasteiger partial charge in [-0.2, -0.15) is 5.26 Å². The summed E-state index contributed by atoms with van der Waals surface area (Å²) in [6, 6.07) is 15.0. The van der Waals surface area contributed by atoms with Crippen LogP contribution in [0, 0.1) is 18.3 Å². The molecule has 1 fully saturated rings. The van der Waals surface area contributed by atoms with Crippen molar-refractivity contribution in [3.63, 3.8) is 0 Å². The van der Waals surface area contributed by atoms with E-state index in [-0.39, 0.29) is 12.5 Å². The Balaban J connectivity index is 1.60. The van der Waals surface area contributed by atoms with Crippen LogP contribution in [0.3, 0.4) is 0 Å². The van der Waals surface area contributed by atoms with E-state index in [0.29, 0.717) is 11.3 Å². The van der Waals surface area contributed by atoms with Crippen LogP contribution >= 0.6 is 0 Å². The van der Waals surface area contributed by atoms with Crippen LogP contribution in [0.2, 0.25) is 0 Å². The third kappa shape index (κ3) is 4.10. The third-order valence-electron chi connectivity index (χ3n) is 4.32. The first kappa shape index (κ1) is 16.8. The van der Waals surface area contributed by atoms with Crippen LogP contribution < -0.4 is 15.0 Å². The SMILES string of the molecule is Cc1cc(N2CCCC2)ccc1NC(=O)COc1ccccc1C#N. The summed E-state index contributed by atoms with van der Waals surface area (Å²) in [6.45, 7) is 4.04. The number of ether oxygens (including phenoxy) is 1. The van der Waals surface area contributed by atoms with Gasteiger partial charge in [0.2, 0.25) is 0 Å². The molecule has 25 heavy (non-hydrogen) atoms. The maximum absolute atomic E-state index is 12.1. The second kappa shape index (κ2) is 7.71. The zero-order chi connectivity index (χ0) is 17.6. The molecular weight excluding hydrogens is 314 g/mol. The second-order valence-corrected chi connectivity index (χ2v) is 6.14. The van der Waals surface area contributed by atoms with Crippen molar-refractivity contribution < 1.29 is 9.53 Å². The number of nitrogens with one attached hydrogen (secondary N) is 1. The third-order valence-corrected chi connectivity index (χ3v) is 4.32. The van der Waals surface area contributed by atoms with E-state index in [1.807, 2.05) is 25.1 Å². The maximum atomic E-state index is 12.1. The molecule has 1 aliphatic heterocycles. The van der Waals surface area contributed by atoms with Crippen LogP contribution in [0.5, 0.6) is 5.75 Å². The molecule has 0 unspecified atom stereocenters. The van der Waals surface area contributed by atoms with Crippen molar-refractivity contribution in [2.45, 2.75) is 19.8 Å². The number of benzene rings is 2. The van der Waals surface area contributed by atoms with Crippen molar-refractivity contribution in [3.8, 4) is 11.8 Å². The molecule has 0 aliphatic carbocycles. The van der Waals surface area contributed by atoms with Gasteiger partial charge in [0.15, 0.2) is 6.61 Å². The van der Waals surface area contributed by atoms with E-state index in [9.17, 15) is 4.79 Å². The fourth-order valence-corrected chi connectivity index (χ4v) is 2.97. The number of hydrogen-bond donors (Lipinski definition) is 1. The minimum absolute atomic E-state index is 0.133. The van der Waals surface area contributed by atoms with Crippen LogP contribution in [0.15, 0.2) is 42.5 Å². The van der Waals surface area contributed by atoms with E-state index < -0.39 is 0 Å². The van der Waals surface area contributed by atoms with Crippen molar-refractivity contribution in [2.24, 2.45) is 0 Å². The topological polar surface area (TPSA) is 65.4 Å². The lowest BCUT2D eigenvalue weighted by atomic mass is 10.1. The van der Waals surface area contributed by atoms with Crippen molar-refractivity contribution in [3.05, 3.63) is 53.6 Å². The molecule has 5 nitrogen and oxygen atoms in total. The van der Waals surface area contributed by atoms with E-state index in [2.05, 4.69) is 16.3 Å². The lowest BCUT2D eigenvalue weighted by Gasteiger charge is -2.19. The Bertz CT molecular complexity index is 805. The predicted octanol–water partition coefficient (Wildman–Crippen LogP) is 3.48. The monoisotopic (exact) mass is 335 g/mol. The molecule has 0 radical (unpaired) electrons. The summed E-state index contributed by atoms with van der Waals surface area (Å²) >= 11 is 0. The van der Waals surface area contributed by atoms with Gasteiger partial charge >= 0.3 is 0 Å². The van der Waals surface area contributed by atoms with E-state index >= 15 is 0 Å². The highest BCUT2D eigenvalue weighted by atomic mass is 16.5. The molecule has 3 rings (SSSR count). The highest BCUT2D eigenvalue weighted by molar-refractivity contribution is 5.92. The minimum atomic E-state index is -0.246. The average Bonchev–Trinajstić information content (AvgIpc) is 3.16. The van der Waals surface area contributed by atoms with Crippen LogP contribution in [-0.4, -0.2) is 25.6 Å². The van der Waals surface area contributed by atoms with Crippen LogP contribution in [0.1, 0.15) is 24.0 Å². The first-order chi connectivity index (χ1) is 12.2. The van der Waals surface area contributed by atoms with Gasteiger partial charge in [0.1, 0.15) is 11.8 Å². The molecule has 1 amide bonds. The molecule has 0 aromatic heterocycles. The van der Waals surface area contributed by atoms with Gasteiger partial charge in [0, 0.05) is 24.5 Å². The molecule has 1 saturated heterocycles. The van der Waals surface area contributed by atoms with E-state index in [0.717, 1.165) is 24.3 Å². The summed E-state index contributed by atoms with van der Waals surface area (Å²) < 4.78 is 5.46. The van der Waals surface area contributed by atoms with Gasteiger partial charge in [-0.1, -0.05) is 12.1 Å². The molecule has 0 atom stereocenters. The van der Waals surface area contributed by atoms with Crippen molar-refractivity contribution in [1.82, 2.24) is 0 Å². The number of para-hydroxylation sites is 1. The highest BCUT2D eigenvalue weighted by Crippen LogP contribution is 2.25. The number of carbonyl (C=O) groups is 1. The van der Waals surface area contributed by atoms with Gasteiger partial charge in [0.25, 0.3) is 5.91 Å². The van der Waals surface area contributed by atoms with E-state index in [4.69, 9.17) is 10.00 Å². The van der Waals surface area contributed by atoms with Crippen molar-refractivity contribution >= 4 is 17.3 Å². The summed E-state index contributed by atoms with van der Waals surface area (Å²) in [5, 5.41) is 11.9. The van der Waals surface area contributed by atoms with E-state index in [1.165, 1.54) is 18.5 Å². The molecule has 2 aromatic rings. The Labute approximate surface area is 147 Å². The molecule has 1 aliphatic rings. The van der Waals surface area contributed by atoms with Crippen molar-refractivity contribution in [2.75, 3.05) is 29.9 Å². The number of hydrogen-bond acceptors (Lipinski definition) is 4. The fraction of sp³-hybridized carbons (Fsp3) is 0.300. The van der Waals surface area contributed by atoms with E-state index in [1.54, 1.807) is 24.3 Å². The van der Waals surface area contributed by atoms with Gasteiger partial charge in [-0.05, 0) is 55.7 Å². The molecule has 1 N–H and O–H groups in total. The second-order valence-electron chi connectivity index (χ2n) is 6.14. The number of rotatable bonds is 5. The molecule has 0 bridgehead atoms. The number of amides is 1. The summed E-state index contributed by atoms with van der Waals surface area (Å²) in [7, 11) is 0. The Kier molecular flexibility index (Phi) is 5.20. The maximum Gasteiger partial charge on any atom is 0.262 e. The quantitative estimate of drug-likeness (QED) is 0.908. The number of anilines is 2. The van der Waals surface area contributed by atoms with Crippen LogP contribution in [0.25, 0.3) is 0 Å². The summed E-state index contributed by atoms with van der Waals surface area (Å²) in [5.74, 6) is 0.172. The molecule has 2 aromatic carbocycles. The van der Waals surface area contributed by atoms with Gasteiger partial charge in [-0.15, -0.1) is 0 Å². The normalized spacial score (nSPS) is 13.4.